The highest BCUT2D eigenvalue weighted by atomic mass is 35.5. The molecule has 0 aromatic heterocycles. The minimum atomic E-state index is -0.877. The van der Waals surface area contributed by atoms with Gasteiger partial charge in [0.05, 0.1) is 5.56 Å². The first kappa shape index (κ1) is 19.3. The number of hydrogen-bond acceptors (Lipinski definition) is 2. The largest absolute Gasteiger partial charge is 0.339 e. The molecular formula is C20H19ClF2N2O2. The molecule has 2 amide bonds. The van der Waals surface area contributed by atoms with Crippen LogP contribution in [0.25, 0.3) is 0 Å². The molecule has 0 saturated carbocycles. The van der Waals surface area contributed by atoms with E-state index in [1.807, 2.05) is 6.92 Å². The lowest BCUT2D eigenvalue weighted by Gasteiger charge is -2.31. The van der Waals surface area contributed by atoms with Gasteiger partial charge in [-0.15, -0.1) is 0 Å². The highest BCUT2D eigenvalue weighted by Gasteiger charge is 2.29. The van der Waals surface area contributed by atoms with Crippen molar-refractivity contribution in [2.24, 2.45) is 5.92 Å². The van der Waals surface area contributed by atoms with Crippen LogP contribution < -0.4 is 5.32 Å². The van der Waals surface area contributed by atoms with Crippen LogP contribution >= 0.6 is 11.6 Å². The number of nitrogens with zero attached hydrogens (tertiary/aromatic N) is 1. The summed E-state index contributed by atoms with van der Waals surface area (Å²) in [7, 11) is 0. The molecule has 2 aromatic carbocycles. The first-order valence-electron chi connectivity index (χ1n) is 8.66. The molecule has 1 heterocycles. The molecule has 27 heavy (non-hydrogen) atoms. The topological polar surface area (TPSA) is 49.4 Å². The summed E-state index contributed by atoms with van der Waals surface area (Å²) in [5.41, 5.74) is 1.42. The summed E-state index contributed by atoms with van der Waals surface area (Å²) < 4.78 is 26.8. The number of halogens is 3. The number of amides is 2. The predicted octanol–water partition coefficient (Wildman–Crippen LogP) is 4.42. The van der Waals surface area contributed by atoms with Crippen LogP contribution in [0.2, 0.25) is 5.02 Å². The van der Waals surface area contributed by atoms with Crippen LogP contribution in [-0.2, 0) is 4.79 Å². The standard InChI is InChI=1S/C20H19ClF2N2O2/c1-12-10-14(21)2-5-18(12)24-19(26)13-6-8-25(9-7-13)20(27)16-4-3-15(22)11-17(16)23/h2-5,10-11,13H,6-9H2,1H3,(H,24,26). The van der Waals surface area contributed by atoms with E-state index in [1.165, 1.54) is 4.90 Å². The van der Waals surface area contributed by atoms with E-state index in [2.05, 4.69) is 5.32 Å². The lowest BCUT2D eigenvalue weighted by atomic mass is 9.95. The van der Waals surface area contributed by atoms with Gasteiger partial charge in [0.2, 0.25) is 5.91 Å². The SMILES string of the molecule is Cc1cc(Cl)ccc1NC(=O)C1CCN(C(=O)c2ccc(F)cc2F)CC1. The van der Waals surface area contributed by atoms with Crippen molar-refractivity contribution in [2.75, 3.05) is 18.4 Å². The van der Waals surface area contributed by atoms with Crippen LogP contribution in [0.5, 0.6) is 0 Å². The van der Waals surface area contributed by atoms with Crippen molar-refractivity contribution in [3.63, 3.8) is 0 Å². The molecule has 4 nitrogen and oxygen atoms in total. The summed E-state index contributed by atoms with van der Waals surface area (Å²) in [6, 6.07) is 8.14. The summed E-state index contributed by atoms with van der Waals surface area (Å²) in [6.45, 7) is 2.54. The third kappa shape index (κ3) is 4.45. The quantitative estimate of drug-likeness (QED) is 0.840. The molecule has 1 aliphatic rings. The van der Waals surface area contributed by atoms with Crippen molar-refractivity contribution < 1.29 is 18.4 Å². The van der Waals surface area contributed by atoms with Crippen LogP contribution in [0.1, 0.15) is 28.8 Å². The Balaban J connectivity index is 1.59. The van der Waals surface area contributed by atoms with Crippen molar-refractivity contribution in [1.29, 1.82) is 0 Å². The number of likely N-dealkylation sites (tertiary alicyclic amines) is 1. The second kappa shape index (κ2) is 8.05. The number of piperidine rings is 1. The van der Waals surface area contributed by atoms with Gasteiger partial charge in [0.15, 0.2) is 0 Å². The van der Waals surface area contributed by atoms with Gasteiger partial charge >= 0.3 is 0 Å². The Labute approximate surface area is 161 Å². The van der Waals surface area contributed by atoms with Gasteiger partial charge < -0.3 is 10.2 Å². The second-order valence-electron chi connectivity index (χ2n) is 6.64. The van der Waals surface area contributed by atoms with E-state index in [-0.39, 0.29) is 17.4 Å². The fourth-order valence-corrected chi connectivity index (χ4v) is 3.41. The zero-order valence-corrected chi connectivity index (χ0v) is 15.5. The Bertz CT molecular complexity index is 880. The summed E-state index contributed by atoms with van der Waals surface area (Å²) in [6.07, 6.45) is 0.958. The first-order chi connectivity index (χ1) is 12.8. The van der Waals surface area contributed by atoms with Gasteiger partial charge in [0.1, 0.15) is 11.6 Å². The lowest BCUT2D eigenvalue weighted by Crippen LogP contribution is -2.41. The number of anilines is 1. The number of hydrogen-bond donors (Lipinski definition) is 1. The molecule has 0 bridgehead atoms. The maximum Gasteiger partial charge on any atom is 0.256 e. The average molecular weight is 393 g/mol. The van der Waals surface area contributed by atoms with E-state index < -0.39 is 17.5 Å². The Morgan fingerprint density at radius 1 is 1.11 bits per heavy atom. The Morgan fingerprint density at radius 2 is 1.81 bits per heavy atom. The fourth-order valence-electron chi connectivity index (χ4n) is 3.18. The van der Waals surface area contributed by atoms with Gasteiger partial charge in [-0.3, -0.25) is 9.59 Å². The number of benzene rings is 2. The lowest BCUT2D eigenvalue weighted by molar-refractivity contribution is -0.121. The van der Waals surface area contributed by atoms with E-state index in [0.29, 0.717) is 42.7 Å². The average Bonchev–Trinajstić information content (AvgIpc) is 2.63. The van der Waals surface area contributed by atoms with E-state index in [9.17, 15) is 18.4 Å². The number of nitrogens with one attached hydrogen (secondary N) is 1. The van der Waals surface area contributed by atoms with Crippen molar-refractivity contribution in [1.82, 2.24) is 4.90 Å². The van der Waals surface area contributed by atoms with Crippen molar-refractivity contribution in [3.8, 4) is 0 Å². The van der Waals surface area contributed by atoms with E-state index >= 15 is 0 Å². The van der Waals surface area contributed by atoms with Crippen LogP contribution in [0.3, 0.4) is 0 Å². The minimum Gasteiger partial charge on any atom is -0.339 e. The molecule has 0 atom stereocenters. The summed E-state index contributed by atoms with van der Waals surface area (Å²) in [5.74, 6) is -2.43. The number of rotatable bonds is 3. The summed E-state index contributed by atoms with van der Waals surface area (Å²) in [5, 5.41) is 3.50. The van der Waals surface area contributed by atoms with Crippen LogP contribution in [0, 0.1) is 24.5 Å². The van der Waals surface area contributed by atoms with Crippen molar-refractivity contribution in [3.05, 3.63) is 64.2 Å². The molecular weight excluding hydrogens is 374 g/mol. The zero-order valence-electron chi connectivity index (χ0n) is 14.8. The van der Waals surface area contributed by atoms with Gasteiger partial charge in [-0.1, -0.05) is 11.6 Å². The monoisotopic (exact) mass is 392 g/mol. The molecule has 0 spiro atoms. The van der Waals surface area contributed by atoms with Crippen molar-refractivity contribution in [2.45, 2.75) is 19.8 Å². The number of carbonyl (C=O) groups is 2. The molecule has 1 aliphatic heterocycles. The highest BCUT2D eigenvalue weighted by molar-refractivity contribution is 6.30. The maximum atomic E-state index is 13.8. The smallest absolute Gasteiger partial charge is 0.256 e. The molecule has 0 aliphatic carbocycles. The van der Waals surface area contributed by atoms with Gasteiger partial charge in [-0.25, -0.2) is 8.78 Å². The molecule has 0 unspecified atom stereocenters. The Kier molecular flexibility index (Phi) is 5.75. The first-order valence-corrected chi connectivity index (χ1v) is 9.04. The molecule has 7 heteroatoms. The van der Waals surface area contributed by atoms with Gasteiger partial charge in [-0.05, 0) is 55.7 Å². The van der Waals surface area contributed by atoms with E-state index in [0.717, 1.165) is 17.7 Å². The molecule has 1 saturated heterocycles. The maximum absolute atomic E-state index is 13.8. The van der Waals surface area contributed by atoms with Gasteiger partial charge in [-0.2, -0.15) is 0 Å². The molecule has 1 fully saturated rings. The molecule has 0 radical (unpaired) electrons. The van der Waals surface area contributed by atoms with E-state index in [4.69, 9.17) is 11.6 Å². The summed E-state index contributed by atoms with van der Waals surface area (Å²) >= 11 is 5.92. The predicted molar refractivity (Wildman–Crippen MR) is 99.8 cm³/mol. The highest BCUT2D eigenvalue weighted by Crippen LogP contribution is 2.24. The summed E-state index contributed by atoms with van der Waals surface area (Å²) in [4.78, 5) is 26.4. The van der Waals surface area contributed by atoms with E-state index in [1.54, 1.807) is 18.2 Å². The number of carbonyl (C=O) groups excluding carboxylic acids is 2. The molecule has 2 aromatic rings. The van der Waals surface area contributed by atoms with Gasteiger partial charge in [0.25, 0.3) is 5.91 Å². The minimum absolute atomic E-state index is 0.111. The fraction of sp³-hybridized carbons (Fsp3) is 0.300. The Hall–Kier alpha value is -2.47. The second-order valence-corrected chi connectivity index (χ2v) is 7.08. The number of aryl methyl sites for hydroxylation is 1. The third-order valence-electron chi connectivity index (χ3n) is 4.76. The zero-order chi connectivity index (χ0) is 19.6. The molecule has 1 N–H and O–H groups in total. The Morgan fingerprint density at radius 3 is 2.44 bits per heavy atom. The molecule has 142 valence electrons. The van der Waals surface area contributed by atoms with Crippen molar-refractivity contribution >= 4 is 29.1 Å². The molecule has 3 rings (SSSR count). The van der Waals surface area contributed by atoms with Gasteiger partial charge in [0, 0.05) is 35.8 Å². The van der Waals surface area contributed by atoms with Crippen LogP contribution in [0.15, 0.2) is 36.4 Å². The van der Waals surface area contributed by atoms with Crippen LogP contribution in [-0.4, -0.2) is 29.8 Å². The normalized spacial score (nSPS) is 14.9. The van der Waals surface area contributed by atoms with Crippen LogP contribution in [0.4, 0.5) is 14.5 Å². The third-order valence-corrected chi connectivity index (χ3v) is 5.00.